The molecule has 2 saturated heterocycles. The van der Waals surface area contributed by atoms with Crippen LogP contribution >= 0.6 is 0 Å². The Kier molecular flexibility index (Phi) is 5.01. The quantitative estimate of drug-likeness (QED) is 0.798. The van der Waals surface area contributed by atoms with Crippen molar-refractivity contribution in [2.45, 2.75) is 25.8 Å². The Labute approximate surface area is 112 Å². The van der Waals surface area contributed by atoms with Crippen molar-refractivity contribution in [1.29, 1.82) is 0 Å². The molecule has 18 heavy (non-hydrogen) atoms. The lowest BCUT2D eigenvalue weighted by Crippen LogP contribution is -2.55. The molecular weight excluding hydrogens is 226 g/mol. The summed E-state index contributed by atoms with van der Waals surface area (Å²) in [6.07, 6.45) is 2.41. The number of likely N-dealkylation sites (N-methyl/N-ethyl adjacent to an activating group) is 1. The third-order valence-corrected chi connectivity index (χ3v) is 4.71. The summed E-state index contributed by atoms with van der Waals surface area (Å²) in [6, 6.07) is 0.685. The van der Waals surface area contributed by atoms with Crippen LogP contribution in [0.25, 0.3) is 0 Å². The summed E-state index contributed by atoms with van der Waals surface area (Å²) in [5, 5.41) is 3.40. The number of hydrogen-bond donors (Lipinski definition) is 1. The highest BCUT2D eigenvalue weighted by Gasteiger charge is 2.35. The summed E-state index contributed by atoms with van der Waals surface area (Å²) in [7, 11) is 4.31. The van der Waals surface area contributed by atoms with E-state index in [0.29, 0.717) is 11.5 Å². The Morgan fingerprint density at radius 2 is 2.00 bits per heavy atom. The van der Waals surface area contributed by atoms with Crippen LogP contribution in [0.3, 0.4) is 0 Å². The van der Waals surface area contributed by atoms with Gasteiger partial charge in [0.15, 0.2) is 0 Å². The second-order valence-electron chi connectivity index (χ2n) is 6.21. The summed E-state index contributed by atoms with van der Waals surface area (Å²) in [6.45, 7) is 10.2. The van der Waals surface area contributed by atoms with Crippen LogP contribution in [0.5, 0.6) is 0 Å². The lowest BCUT2D eigenvalue weighted by atomic mass is 9.79. The van der Waals surface area contributed by atoms with E-state index in [-0.39, 0.29) is 0 Å². The molecule has 0 aromatic heterocycles. The normalized spacial score (nSPS) is 30.5. The molecule has 1 N–H and O–H groups in total. The van der Waals surface area contributed by atoms with Crippen LogP contribution in [0.15, 0.2) is 0 Å². The molecule has 0 amide bonds. The fraction of sp³-hybridized carbons (Fsp3) is 1.00. The summed E-state index contributed by atoms with van der Waals surface area (Å²) in [4.78, 5) is 5.12. The molecule has 106 valence electrons. The van der Waals surface area contributed by atoms with E-state index in [1.54, 1.807) is 0 Å². The summed E-state index contributed by atoms with van der Waals surface area (Å²) in [5.74, 6) is 0. The molecule has 0 aliphatic carbocycles. The van der Waals surface area contributed by atoms with Crippen LogP contribution in [-0.2, 0) is 4.74 Å². The lowest BCUT2D eigenvalue weighted by Gasteiger charge is -2.45. The van der Waals surface area contributed by atoms with Crippen LogP contribution in [0.1, 0.15) is 19.8 Å². The minimum atomic E-state index is 0.433. The predicted molar refractivity (Wildman–Crippen MR) is 74.9 cm³/mol. The molecular formula is C14H29N3O. The monoisotopic (exact) mass is 255 g/mol. The first kappa shape index (κ1) is 14.3. The van der Waals surface area contributed by atoms with Gasteiger partial charge in [-0.2, -0.15) is 0 Å². The maximum absolute atomic E-state index is 5.54. The lowest BCUT2D eigenvalue weighted by molar-refractivity contribution is -0.0157. The van der Waals surface area contributed by atoms with Crippen molar-refractivity contribution in [1.82, 2.24) is 15.1 Å². The van der Waals surface area contributed by atoms with Crippen molar-refractivity contribution in [3.05, 3.63) is 0 Å². The van der Waals surface area contributed by atoms with Gasteiger partial charge in [-0.15, -0.1) is 0 Å². The van der Waals surface area contributed by atoms with Gasteiger partial charge in [-0.05, 0) is 39.3 Å². The number of rotatable bonds is 4. The molecule has 2 rings (SSSR count). The molecule has 1 unspecified atom stereocenters. The number of hydrogen-bond acceptors (Lipinski definition) is 4. The average Bonchev–Trinajstić information content (AvgIpc) is 2.35. The minimum Gasteiger partial charge on any atom is -0.381 e. The molecule has 4 heteroatoms. The molecule has 1 atom stereocenters. The van der Waals surface area contributed by atoms with Gasteiger partial charge in [0.25, 0.3) is 0 Å². The van der Waals surface area contributed by atoms with Crippen LogP contribution in [0.2, 0.25) is 0 Å². The molecule has 2 heterocycles. The van der Waals surface area contributed by atoms with E-state index in [9.17, 15) is 0 Å². The second-order valence-corrected chi connectivity index (χ2v) is 6.21. The summed E-state index contributed by atoms with van der Waals surface area (Å²) in [5.41, 5.74) is 0.433. The molecule has 0 aromatic rings. The molecule has 2 fully saturated rings. The van der Waals surface area contributed by atoms with Crippen molar-refractivity contribution in [2.75, 3.05) is 60.0 Å². The SMILES string of the molecule is CNCC1(CN2CCN(C)C(C)C2)CCOCC1. The van der Waals surface area contributed by atoms with Crippen LogP contribution in [0, 0.1) is 5.41 Å². The van der Waals surface area contributed by atoms with Crippen LogP contribution in [-0.4, -0.2) is 75.9 Å². The van der Waals surface area contributed by atoms with Gasteiger partial charge in [0.05, 0.1) is 0 Å². The van der Waals surface area contributed by atoms with E-state index >= 15 is 0 Å². The Balaban J connectivity index is 1.92. The van der Waals surface area contributed by atoms with Crippen molar-refractivity contribution in [2.24, 2.45) is 5.41 Å². The van der Waals surface area contributed by atoms with E-state index in [1.165, 1.54) is 39.0 Å². The van der Waals surface area contributed by atoms with E-state index in [4.69, 9.17) is 4.74 Å². The van der Waals surface area contributed by atoms with Crippen LogP contribution < -0.4 is 5.32 Å². The van der Waals surface area contributed by atoms with Crippen molar-refractivity contribution in [3.63, 3.8) is 0 Å². The van der Waals surface area contributed by atoms with Gasteiger partial charge < -0.3 is 15.0 Å². The zero-order chi connectivity index (χ0) is 13.0. The fourth-order valence-corrected chi connectivity index (χ4v) is 3.31. The maximum Gasteiger partial charge on any atom is 0.0472 e. The standard InChI is InChI=1S/C14H29N3O/c1-13-10-17(7-6-16(13)3)12-14(11-15-2)4-8-18-9-5-14/h13,15H,4-12H2,1-3H3. The highest BCUT2D eigenvalue weighted by Crippen LogP contribution is 2.31. The molecule has 2 aliphatic rings. The Hall–Kier alpha value is -0.160. The molecule has 0 bridgehead atoms. The van der Waals surface area contributed by atoms with Gasteiger partial charge in [0.2, 0.25) is 0 Å². The zero-order valence-electron chi connectivity index (χ0n) is 12.2. The Bertz CT molecular complexity index is 248. The summed E-state index contributed by atoms with van der Waals surface area (Å²) < 4.78 is 5.54. The van der Waals surface area contributed by atoms with Crippen molar-refractivity contribution >= 4 is 0 Å². The molecule has 0 radical (unpaired) electrons. The molecule has 0 aromatic carbocycles. The van der Waals surface area contributed by atoms with Crippen molar-refractivity contribution < 1.29 is 4.74 Å². The largest absolute Gasteiger partial charge is 0.381 e. The Morgan fingerprint density at radius 1 is 1.28 bits per heavy atom. The number of nitrogens with one attached hydrogen (secondary N) is 1. The van der Waals surface area contributed by atoms with Gasteiger partial charge in [0.1, 0.15) is 0 Å². The van der Waals surface area contributed by atoms with Gasteiger partial charge in [-0.3, -0.25) is 4.90 Å². The van der Waals surface area contributed by atoms with Crippen molar-refractivity contribution in [3.8, 4) is 0 Å². The van der Waals surface area contributed by atoms with E-state index < -0.39 is 0 Å². The highest BCUT2D eigenvalue weighted by molar-refractivity contribution is 4.89. The van der Waals surface area contributed by atoms with Crippen LogP contribution in [0.4, 0.5) is 0 Å². The first-order chi connectivity index (χ1) is 8.65. The zero-order valence-corrected chi connectivity index (χ0v) is 12.2. The second kappa shape index (κ2) is 6.33. The first-order valence-corrected chi connectivity index (χ1v) is 7.30. The number of ether oxygens (including phenoxy) is 1. The third-order valence-electron chi connectivity index (χ3n) is 4.71. The highest BCUT2D eigenvalue weighted by atomic mass is 16.5. The number of nitrogens with zero attached hydrogens (tertiary/aromatic N) is 2. The molecule has 4 nitrogen and oxygen atoms in total. The summed E-state index contributed by atoms with van der Waals surface area (Å²) >= 11 is 0. The molecule has 0 spiro atoms. The van der Waals surface area contributed by atoms with Gasteiger partial charge >= 0.3 is 0 Å². The third kappa shape index (κ3) is 3.44. The van der Waals surface area contributed by atoms with Gasteiger partial charge in [-0.25, -0.2) is 0 Å². The Morgan fingerprint density at radius 3 is 2.61 bits per heavy atom. The molecule has 0 saturated carbocycles. The number of piperazine rings is 1. The first-order valence-electron chi connectivity index (χ1n) is 7.30. The minimum absolute atomic E-state index is 0.433. The van der Waals surface area contributed by atoms with Gasteiger partial charge in [-0.1, -0.05) is 0 Å². The van der Waals surface area contributed by atoms with Gasteiger partial charge in [0, 0.05) is 52.0 Å². The van der Waals surface area contributed by atoms with E-state index in [2.05, 4.69) is 36.1 Å². The van der Waals surface area contributed by atoms with E-state index in [0.717, 1.165) is 19.8 Å². The average molecular weight is 255 g/mol. The maximum atomic E-state index is 5.54. The smallest absolute Gasteiger partial charge is 0.0472 e. The molecule has 2 aliphatic heterocycles. The van der Waals surface area contributed by atoms with E-state index in [1.807, 2.05) is 0 Å². The topological polar surface area (TPSA) is 27.7 Å². The predicted octanol–water partition coefficient (Wildman–Crippen LogP) is 0.639. The fourth-order valence-electron chi connectivity index (χ4n) is 3.31.